The lowest BCUT2D eigenvalue weighted by Gasteiger charge is -2.30. The maximum Gasteiger partial charge on any atom is 0.408 e. The molecule has 1 atom stereocenters. The minimum atomic E-state index is -0.869. The Morgan fingerprint density at radius 2 is 1.60 bits per heavy atom. The summed E-state index contributed by atoms with van der Waals surface area (Å²) in [6.07, 6.45) is -0.480. The molecule has 0 aliphatic rings. The van der Waals surface area contributed by atoms with Gasteiger partial charge in [0.15, 0.2) is 5.60 Å². The van der Waals surface area contributed by atoms with Crippen LogP contribution >= 0.6 is 11.6 Å². The first kappa shape index (κ1) is 14.4. The molecule has 0 aromatic heterocycles. The second kappa shape index (κ2) is 5.97. The maximum atomic E-state index is 11.7. The SMILES string of the molecule is CNC(=O)O[C@@](C)(c1ccccc1)c1ccc(Cl)cc1. The third-order valence-electron chi connectivity index (χ3n) is 3.22. The molecule has 4 heteroatoms. The molecule has 0 saturated carbocycles. The van der Waals surface area contributed by atoms with Gasteiger partial charge in [-0.1, -0.05) is 54.1 Å². The van der Waals surface area contributed by atoms with Crippen molar-refractivity contribution in [2.24, 2.45) is 0 Å². The highest BCUT2D eigenvalue weighted by Crippen LogP contribution is 2.33. The van der Waals surface area contributed by atoms with Crippen LogP contribution in [0.2, 0.25) is 5.02 Å². The van der Waals surface area contributed by atoms with Crippen LogP contribution in [0.5, 0.6) is 0 Å². The fraction of sp³-hybridized carbons (Fsp3) is 0.188. The van der Waals surface area contributed by atoms with Gasteiger partial charge in [0, 0.05) is 12.1 Å². The molecular weight excluding hydrogens is 274 g/mol. The predicted molar refractivity (Wildman–Crippen MR) is 79.9 cm³/mol. The van der Waals surface area contributed by atoms with Crippen LogP contribution in [0.1, 0.15) is 18.1 Å². The van der Waals surface area contributed by atoms with Crippen LogP contribution in [-0.2, 0) is 10.3 Å². The number of benzene rings is 2. The summed E-state index contributed by atoms with van der Waals surface area (Å²) in [5, 5.41) is 3.13. The van der Waals surface area contributed by atoms with Crippen molar-refractivity contribution in [3.63, 3.8) is 0 Å². The molecule has 20 heavy (non-hydrogen) atoms. The molecule has 1 amide bonds. The number of carbonyl (C=O) groups is 1. The minimum absolute atomic E-state index is 0.480. The normalized spacial score (nSPS) is 13.3. The van der Waals surface area contributed by atoms with Crippen LogP contribution in [0, 0.1) is 0 Å². The first-order valence-corrected chi connectivity index (χ1v) is 6.66. The average molecular weight is 290 g/mol. The van der Waals surface area contributed by atoms with Gasteiger partial charge in [0.05, 0.1) is 0 Å². The molecule has 104 valence electrons. The molecule has 0 unspecified atom stereocenters. The zero-order valence-corrected chi connectivity index (χ0v) is 12.1. The van der Waals surface area contributed by atoms with E-state index in [4.69, 9.17) is 16.3 Å². The number of hydrogen-bond acceptors (Lipinski definition) is 2. The van der Waals surface area contributed by atoms with Gasteiger partial charge in [-0.15, -0.1) is 0 Å². The van der Waals surface area contributed by atoms with Crippen molar-refractivity contribution in [1.82, 2.24) is 5.32 Å². The van der Waals surface area contributed by atoms with Gasteiger partial charge in [0.2, 0.25) is 0 Å². The molecule has 2 rings (SSSR count). The first-order chi connectivity index (χ1) is 9.56. The highest BCUT2D eigenvalue weighted by atomic mass is 35.5. The van der Waals surface area contributed by atoms with E-state index in [2.05, 4.69) is 5.32 Å². The maximum absolute atomic E-state index is 11.7. The number of alkyl carbamates (subject to hydrolysis) is 1. The van der Waals surface area contributed by atoms with E-state index in [0.29, 0.717) is 5.02 Å². The summed E-state index contributed by atoms with van der Waals surface area (Å²) in [7, 11) is 1.54. The molecule has 0 bridgehead atoms. The number of ether oxygens (including phenoxy) is 1. The van der Waals surface area contributed by atoms with E-state index < -0.39 is 11.7 Å². The van der Waals surface area contributed by atoms with Gasteiger partial charge in [-0.25, -0.2) is 4.79 Å². The second-order valence-electron chi connectivity index (χ2n) is 4.55. The Balaban J connectivity index is 2.48. The van der Waals surface area contributed by atoms with Crippen molar-refractivity contribution in [3.05, 3.63) is 70.7 Å². The van der Waals surface area contributed by atoms with Gasteiger partial charge in [-0.3, -0.25) is 0 Å². The lowest BCUT2D eigenvalue weighted by molar-refractivity contribution is 0.0537. The quantitative estimate of drug-likeness (QED) is 0.929. The Hall–Kier alpha value is -2.00. The standard InChI is InChI=1S/C16H16ClNO2/c1-16(20-15(19)18-2,12-6-4-3-5-7-12)13-8-10-14(17)11-9-13/h3-11H,1-2H3,(H,18,19)/t16-/m0/s1. The smallest absolute Gasteiger partial charge is 0.408 e. The molecule has 1 N–H and O–H groups in total. The van der Waals surface area contributed by atoms with Crippen LogP contribution in [0.3, 0.4) is 0 Å². The van der Waals surface area contributed by atoms with E-state index in [0.717, 1.165) is 11.1 Å². The largest absolute Gasteiger partial charge is 0.433 e. The fourth-order valence-electron chi connectivity index (χ4n) is 2.05. The van der Waals surface area contributed by atoms with Gasteiger partial charge in [-0.05, 0) is 30.2 Å². The Kier molecular flexibility index (Phi) is 4.30. The Labute approximate surface area is 123 Å². The molecule has 0 aliphatic heterocycles. The predicted octanol–water partition coefficient (Wildman–Crippen LogP) is 3.96. The molecule has 2 aromatic carbocycles. The number of hydrogen-bond donors (Lipinski definition) is 1. The molecule has 0 saturated heterocycles. The molecule has 0 aliphatic carbocycles. The number of amides is 1. The summed E-state index contributed by atoms with van der Waals surface area (Å²) in [5.41, 5.74) is 0.883. The van der Waals surface area contributed by atoms with Gasteiger partial charge in [-0.2, -0.15) is 0 Å². The molecule has 0 heterocycles. The molecule has 3 nitrogen and oxygen atoms in total. The lowest BCUT2D eigenvalue weighted by atomic mass is 9.88. The first-order valence-electron chi connectivity index (χ1n) is 6.28. The molecule has 0 radical (unpaired) electrons. The minimum Gasteiger partial charge on any atom is -0.433 e. The van der Waals surface area contributed by atoms with Gasteiger partial charge >= 0.3 is 6.09 Å². The fourth-order valence-corrected chi connectivity index (χ4v) is 2.17. The lowest BCUT2D eigenvalue weighted by Crippen LogP contribution is -2.34. The highest BCUT2D eigenvalue weighted by molar-refractivity contribution is 6.30. The van der Waals surface area contributed by atoms with Crippen LogP contribution in [-0.4, -0.2) is 13.1 Å². The van der Waals surface area contributed by atoms with E-state index in [1.54, 1.807) is 12.1 Å². The van der Waals surface area contributed by atoms with Gasteiger partial charge in [0.1, 0.15) is 0 Å². The van der Waals surface area contributed by atoms with Crippen molar-refractivity contribution in [1.29, 1.82) is 0 Å². The van der Waals surface area contributed by atoms with Crippen molar-refractivity contribution in [2.75, 3.05) is 7.05 Å². The van der Waals surface area contributed by atoms with Crippen molar-refractivity contribution in [3.8, 4) is 0 Å². The molecule has 0 fully saturated rings. The van der Waals surface area contributed by atoms with Crippen molar-refractivity contribution < 1.29 is 9.53 Å². The monoisotopic (exact) mass is 289 g/mol. The molecular formula is C16H16ClNO2. The summed E-state index contributed by atoms with van der Waals surface area (Å²) in [6.45, 7) is 1.86. The van der Waals surface area contributed by atoms with Crippen LogP contribution in [0.15, 0.2) is 54.6 Å². The summed E-state index contributed by atoms with van der Waals surface area (Å²) < 4.78 is 5.61. The second-order valence-corrected chi connectivity index (χ2v) is 4.98. The van der Waals surface area contributed by atoms with E-state index in [-0.39, 0.29) is 0 Å². The zero-order chi connectivity index (χ0) is 14.6. The molecule has 0 spiro atoms. The Morgan fingerprint density at radius 3 is 2.15 bits per heavy atom. The van der Waals surface area contributed by atoms with Crippen molar-refractivity contribution >= 4 is 17.7 Å². The van der Waals surface area contributed by atoms with E-state index in [9.17, 15) is 4.79 Å². The number of rotatable bonds is 3. The van der Waals surface area contributed by atoms with Crippen LogP contribution < -0.4 is 5.32 Å². The summed E-state index contributed by atoms with van der Waals surface area (Å²) in [5.74, 6) is 0. The average Bonchev–Trinajstić information content (AvgIpc) is 2.48. The van der Waals surface area contributed by atoms with Crippen LogP contribution in [0.4, 0.5) is 4.79 Å². The van der Waals surface area contributed by atoms with Crippen LogP contribution in [0.25, 0.3) is 0 Å². The van der Waals surface area contributed by atoms with Gasteiger partial charge in [0.25, 0.3) is 0 Å². The Morgan fingerprint density at radius 1 is 1.05 bits per heavy atom. The van der Waals surface area contributed by atoms with Crippen molar-refractivity contribution in [2.45, 2.75) is 12.5 Å². The van der Waals surface area contributed by atoms with Gasteiger partial charge < -0.3 is 10.1 Å². The number of halogens is 1. The zero-order valence-electron chi connectivity index (χ0n) is 11.4. The summed E-state index contributed by atoms with van der Waals surface area (Å²) >= 11 is 5.92. The van der Waals surface area contributed by atoms with E-state index in [1.807, 2.05) is 49.4 Å². The van der Waals surface area contributed by atoms with E-state index in [1.165, 1.54) is 7.05 Å². The number of nitrogens with one attached hydrogen (secondary N) is 1. The third-order valence-corrected chi connectivity index (χ3v) is 3.47. The summed E-state index contributed by atoms with van der Waals surface area (Å²) in [6, 6.07) is 16.9. The van der Waals surface area contributed by atoms with E-state index >= 15 is 0 Å². The topological polar surface area (TPSA) is 38.3 Å². The molecule has 2 aromatic rings. The Bertz CT molecular complexity index is 583. The summed E-state index contributed by atoms with van der Waals surface area (Å²) in [4.78, 5) is 11.7. The highest BCUT2D eigenvalue weighted by Gasteiger charge is 2.33. The number of carbonyl (C=O) groups excluding carboxylic acids is 1. The third kappa shape index (κ3) is 2.94.